The highest BCUT2D eigenvalue weighted by atomic mass is 35.5. The second-order valence-corrected chi connectivity index (χ2v) is 6.61. The highest BCUT2D eigenvalue weighted by Crippen LogP contribution is 2.33. The number of halogens is 1. The van der Waals surface area contributed by atoms with Crippen LogP contribution in [0.25, 0.3) is 0 Å². The minimum atomic E-state index is -0.784. The predicted octanol–water partition coefficient (Wildman–Crippen LogP) is 3.14. The van der Waals surface area contributed by atoms with Crippen molar-refractivity contribution in [1.29, 1.82) is 0 Å². The van der Waals surface area contributed by atoms with Gasteiger partial charge in [-0.3, -0.25) is 14.6 Å². The van der Waals surface area contributed by atoms with E-state index in [0.29, 0.717) is 17.3 Å². The summed E-state index contributed by atoms with van der Waals surface area (Å²) in [7, 11) is 0. The number of benzene rings is 2. The number of carbonyl (C=O) groups is 2. The zero-order chi connectivity index (χ0) is 17.6. The Morgan fingerprint density at radius 2 is 1.84 bits per heavy atom. The number of hydrogen-bond acceptors (Lipinski definition) is 5. The fourth-order valence-corrected chi connectivity index (χ4v) is 3.34. The quantitative estimate of drug-likeness (QED) is 0.795. The average molecular weight is 355 g/mol. The Labute approximate surface area is 149 Å². The van der Waals surface area contributed by atoms with Gasteiger partial charge in [0.1, 0.15) is 0 Å². The van der Waals surface area contributed by atoms with Gasteiger partial charge in [-0.05, 0) is 36.8 Å². The first kappa shape index (κ1) is 15.8. The zero-order valence-corrected chi connectivity index (χ0v) is 14.2. The monoisotopic (exact) mass is 354 g/mol. The van der Waals surface area contributed by atoms with Gasteiger partial charge >= 0.3 is 0 Å². The first-order chi connectivity index (χ1) is 12.0. The Morgan fingerprint density at radius 1 is 1.08 bits per heavy atom. The summed E-state index contributed by atoms with van der Waals surface area (Å²) in [5.41, 5.74) is 2.53. The Bertz CT molecular complexity index is 881. The molecule has 0 radical (unpaired) electrons. The second-order valence-electron chi connectivity index (χ2n) is 6.17. The summed E-state index contributed by atoms with van der Waals surface area (Å²) in [4.78, 5) is 26.7. The van der Waals surface area contributed by atoms with Crippen molar-refractivity contribution in [3.8, 4) is 0 Å². The van der Waals surface area contributed by atoms with Gasteiger partial charge in [0.2, 0.25) is 0 Å². The molecule has 2 atom stereocenters. The molecular weight excluding hydrogens is 340 g/mol. The van der Waals surface area contributed by atoms with Crippen LogP contribution in [0.3, 0.4) is 0 Å². The lowest BCUT2D eigenvalue weighted by Crippen LogP contribution is -2.39. The van der Waals surface area contributed by atoms with E-state index in [4.69, 9.17) is 11.6 Å². The molecule has 0 aromatic heterocycles. The summed E-state index contributed by atoms with van der Waals surface area (Å²) in [5.74, 6) is -0.637. The van der Waals surface area contributed by atoms with Crippen LogP contribution in [0.1, 0.15) is 11.1 Å². The Kier molecular flexibility index (Phi) is 3.77. The van der Waals surface area contributed by atoms with Crippen LogP contribution >= 0.6 is 11.6 Å². The maximum atomic E-state index is 12.9. The summed E-state index contributed by atoms with van der Waals surface area (Å²) in [6.07, 6.45) is 0. The molecule has 25 heavy (non-hydrogen) atoms. The number of carbonyl (C=O) groups excluding carboxylic acids is 2. The second kappa shape index (κ2) is 5.97. The molecule has 0 saturated carbocycles. The minimum absolute atomic E-state index is 0.300. The van der Waals surface area contributed by atoms with Crippen molar-refractivity contribution in [3.63, 3.8) is 0 Å². The van der Waals surface area contributed by atoms with Gasteiger partial charge in [0.05, 0.1) is 12.2 Å². The molecule has 0 unspecified atom stereocenters. The third-order valence-electron chi connectivity index (χ3n) is 4.38. The SMILES string of the molecule is Cc1ccc(N2C(=O)[C@H]3N=NN(Cc4cccc(Cl)c4)[C@@H]3C2=O)cc1. The summed E-state index contributed by atoms with van der Waals surface area (Å²) in [5, 5.41) is 10.2. The molecule has 4 rings (SSSR count). The number of aryl methyl sites for hydroxylation is 1. The van der Waals surface area contributed by atoms with Crippen LogP contribution in [-0.2, 0) is 16.1 Å². The molecule has 2 aromatic rings. The molecule has 2 heterocycles. The molecule has 1 fully saturated rings. The van der Waals surface area contributed by atoms with Gasteiger partial charge in [-0.1, -0.05) is 46.7 Å². The van der Waals surface area contributed by atoms with E-state index in [2.05, 4.69) is 10.3 Å². The maximum absolute atomic E-state index is 12.9. The molecule has 0 bridgehead atoms. The Hall–Kier alpha value is -2.73. The van der Waals surface area contributed by atoms with E-state index in [1.807, 2.05) is 37.3 Å². The topological polar surface area (TPSA) is 65.3 Å². The molecule has 6 nitrogen and oxygen atoms in total. The standard InChI is InChI=1S/C18H15ClN4O2/c1-11-5-7-14(8-6-11)23-17(24)15-16(18(23)25)22(21-20-15)10-12-3-2-4-13(19)9-12/h2-9,15-16H,10H2,1H3/t15-,16-/m0/s1. The van der Waals surface area contributed by atoms with Crippen LogP contribution in [0.5, 0.6) is 0 Å². The van der Waals surface area contributed by atoms with Gasteiger partial charge < -0.3 is 0 Å². The number of anilines is 1. The largest absolute Gasteiger partial charge is 0.271 e. The third kappa shape index (κ3) is 2.68. The summed E-state index contributed by atoms with van der Waals surface area (Å²) in [6, 6.07) is 13.1. The van der Waals surface area contributed by atoms with Gasteiger partial charge in [0.25, 0.3) is 11.8 Å². The van der Waals surface area contributed by atoms with Crippen LogP contribution in [0.15, 0.2) is 58.9 Å². The maximum Gasteiger partial charge on any atom is 0.263 e. The normalized spacial score (nSPS) is 22.0. The summed E-state index contributed by atoms with van der Waals surface area (Å²) >= 11 is 6.01. The van der Waals surface area contributed by atoms with E-state index in [1.54, 1.807) is 23.2 Å². The van der Waals surface area contributed by atoms with Crippen molar-refractivity contribution in [2.45, 2.75) is 25.6 Å². The molecule has 2 aliphatic heterocycles. The van der Waals surface area contributed by atoms with Crippen molar-refractivity contribution in [2.75, 3.05) is 4.90 Å². The van der Waals surface area contributed by atoms with Crippen molar-refractivity contribution in [1.82, 2.24) is 5.01 Å². The van der Waals surface area contributed by atoms with Crippen LogP contribution in [0.4, 0.5) is 5.69 Å². The van der Waals surface area contributed by atoms with E-state index in [-0.39, 0.29) is 11.8 Å². The molecule has 2 aliphatic rings. The summed E-state index contributed by atoms with van der Waals surface area (Å²) < 4.78 is 0. The molecular formula is C18H15ClN4O2. The summed E-state index contributed by atoms with van der Waals surface area (Å²) in [6.45, 7) is 2.32. The van der Waals surface area contributed by atoms with Crippen molar-refractivity contribution >= 4 is 29.1 Å². The average Bonchev–Trinajstić information content (AvgIpc) is 3.10. The van der Waals surface area contributed by atoms with Crippen LogP contribution < -0.4 is 4.90 Å². The van der Waals surface area contributed by atoms with Gasteiger partial charge in [-0.2, -0.15) is 5.11 Å². The smallest absolute Gasteiger partial charge is 0.263 e. The van der Waals surface area contributed by atoms with E-state index in [1.165, 1.54) is 4.90 Å². The first-order valence-corrected chi connectivity index (χ1v) is 8.29. The third-order valence-corrected chi connectivity index (χ3v) is 4.62. The molecule has 0 spiro atoms. The molecule has 0 N–H and O–H groups in total. The van der Waals surface area contributed by atoms with Crippen molar-refractivity contribution in [2.24, 2.45) is 10.3 Å². The lowest BCUT2D eigenvalue weighted by atomic mass is 10.1. The molecule has 1 saturated heterocycles. The van der Waals surface area contributed by atoms with E-state index >= 15 is 0 Å². The van der Waals surface area contributed by atoms with E-state index in [0.717, 1.165) is 11.1 Å². The van der Waals surface area contributed by atoms with Crippen LogP contribution in [0, 0.1) is 6.92 Å². The number of hydrogen-bond donors (Lipinski definition) is 0. The zero-order valence-electron chi connectivity index (χ0n) is 13.5. The molecule has 126 valence electrons. The highest BCUT2D eigenvalue weighted by Gasteiger charge is 2.54. The van der Waals surface area contributed by atoms with Crippen LogP contribution in [0.2, 0.25) is 5.02 Å². The van der Waals surface area contributed by atoms with E-state index < -0.39 is 12.1 Å². The Morgan fingerprint density at radius 3 is 2.56 bits per heavy atom. The molecule has 2 amide bonds. The predicted molar refractivity (Wildman–Crippen MR) is 93.1 cm³/mol. The van der Waals surface area contributed by atoms with Gasteiger partial charge in [0.15, 0.2) is 12.1 Å². The van der Waals surface area contributed by atoms with Crippen molar-refractivity contribution < 1.29 is 9.59 Å². The number of imide groups is 1. The molecule has 2 aromatic carbocycles. The van der Waals surface area contributed by atoms with Crippen molar-refractivity contribution in [3.05, 3.63) is 64.7 Å². The first-order valence-electron chi connectivity index (χ1n) is 7.91. The Balaban J connectivity index is 1.60. The van der Waals surface area contributed by atoms with Gasteiger partial charge in [-0.25, -0.2) is 4.90 Å². The minimum Gasteiger partial charge on any atom is -0.271 e. The van der Waals surface area contributed by atoms with Crippen LogP contribution in [-0.4, -0.2) is 28.9 Å². The number of nitrogens with zero attached hydrogens (tertiary/aromatic N) is 4. The number of amides is 2. The molecule has 0 aliphatic carbocycles. The van der Waals surface area contributed by atoms with Gasteiger partial charge in [-0.15, -0.1) is 0 Å². The molecule has 7 heteroatoms. The van der Waals surface area contributed by atoms with Gasteiger partial charge in [0, 0.05) is 5.02 Å². The fourth-order valence-electron chi connectivity index (χ4n) is 3.12. The number of rotatable bonds is 3. The van der Waals surface area contributed by atoms with E-state index in [9.17, 15) is 9.59 Å². The fraction of sp³-hybridized carbons (Fsp3) is 0.222. The lowest BCUT2D eigenvalue weighted by Gasteiger charge is -2.20. The number of fused-ring (bicyclic) bond motifs is 1. The highest BCUT2D eigenvalue weighted by molar-refractivity contribution is 6.30. The lowest BCUT2D eigenvalue weighted by molar-refractivity contribution is -0.123.